The van der Waals surface area contributed by atoms with E-state index in [0.717, 1.165) is 0 Å². The van der Waals surface area contributed by atoms with Gasteiger partial charge in [-0.3, -0.25) is 10.1 Å². The van der Waals surface area contributed by atoms with Gasteiger partial charge >= 0.3 is 0 Å². The molecule has 1 saturated heterocycles. The van der Waals surface area contributed by atoms with Gasteiger partial charge in [0, 0.05) is 13.0 Å². The highest BCUT2D eigenvalue weighted by Gasteiger charge is 2.41. The SMILES string of the molecule is CCNC(=O)[C@@H]1CC(F)(F)CN1. The Balaban J connectivity index is 2.41. The number of hydrogen-bond donors (Lipinski definition) is 2. The fourth-order valence-electron chi connectivity index (χ4n) is 1.20. The zero-order valence-corrected chi connectivity index (χ0v) is 6.86. The molecule has 0 aromatic heterocycles. The highest BCUT2D eigenvalue weighted by molar-refractivity contribution is 5.82. The van der Waals surface area contributed by atoms with Gasteiger partial charge in [-0.15, -0.1) is 0 Å². The third-order valence-electron chi connectivity index (χ3n) is 1.78. The summed E-state index contributed by atoms with van der Waals surface area (Å²) >= 11 is 0. The van der Waals surface area contributed by atoms with Crippen molar-refractivity contribution in [2.75, 3.05) is 13.1 Å². The second-order valence-electron chi connectivity index (χ2n) is 2.89. The topological polar surface area (TPSA) is 41.1 Å². The highest BCUT2D eigenvalue weighted by Crippen LogP contribution is 2.24. The molecule has 1 fully saturated rings. The first kappa shape index (κ1) is 9.38. The fourth-order valence-corrected chi connectivity index (χ4v) is 1.20. The molecule has 70 valence electrons. The second kappa shape index (κ2) is 3.35. The maximum Gasteiger partial charge on any atom is 0.262 e. The predicted octanol–water partition coefficient (Wildman–Crippen LogP) is 0.120. The van der Waals surface area contributed by atoms with Gasteiger partial charge in [-0.1, -0.05) is 0 Å². The van der Waals surface area contributed by atoms with Crippen LogP contribution in [-0.4, -0.2) is 31.0 Å². The molecule has 1 atom stereocenters. The molecule has 0 aliphatic carbocycles. The van der Waals surface area contributed by atoms with Crippen LogP contribution in [0.25, 0.3) is 0 Å². The van der Waals surface area contributed by atoms with Crippen molar-refractivity contribution in [1.82, 2.24) is 10.6 Å². The first-order valence-corrected chi connectivity index (χ1v) is 3.94. The van der Waals surface area contributed by atoms with Crippen LogP contribution in [0.5, 0.6) is 0 Å². The minimum absolute atomic E-state index is 0.338. The van der Waals surface area contributed by atoms with Gasteiger partial charge in [-0.2, -0.15) is 0 Å². The normalized spacial score (nSPS) is 27.1. The van der Waals surface area contributed by atoms with E-state index in [1.165, 1.54) is 0 Å². The molecule has 1 heterocycles. The van der Waals surface area contributed by atoms with Crippen LogP contribution in [0.1, 0.15) is 13.3 Å². The van der Waals surface area contributed by atoms with E-state index in [4.69, 9.17) is 0 Å². The van der Waals surface area contributed by atoms with Gasteiger partial charge in [0.25, 0.3) is 5.92 Å². The number of amides is 1. The summed E-state index contributed by atoms with van der Waals surface area (Å²) < 4.78 is 25.1. The molecule has 0 aromatic rings. The minimum atomic E-state index is -2.73. The van der Waals surface area contributed by atoms with E-state index in [9.17, 15) is 13.6 Å². The van der Waals surface area contributed by atoms with E-state index in [1.54, 1.807) is 6.92 Å². The van der Waals surface area contributed by atoms with E-state index in [-0.39, 0.29) is 5.91 Å². The van der Waals surface area contributed by atoms with Crippen molar-refractivity contribution in [3.8, 4) is 0 Å². The number of alkyl halides is 2. The summed E-state index contributed by atoms with van der Waals surface area (Å²) in [6.45, 7) is 1.84. The molecule has 0 saturated carbocycles. The van der Waals surface area contributed by atoms with Gasteiger partial charge in [0.15, 0.2) is 0 Å². The first-order valence-electron chi connectivity index (χ1n) is 3.94. The van der Waals surface area contributed by atoms with E-state index in [2.05, 4.69) is 10.6 Å². The number of carbonyl (C=O) groups excluding carboxylic acids is 1. The monoisotopic (exact) mass is 178 g/mol. The average molecular weight is 178 g/mol. The van der Waals surface area contributed by atoms with Crippen LogP contribution in [0.2, 0.25) is 0 Å². The van der Waals surface area contributed by atoms with Crippen LogP contribution in [0.15, 0.2) is 0 Å². The number of hydrogen-bond acceptors (Lipinski definition) is 2. The second-order valence-corrected chi connectivity index (χ2v) is 2.89. The van der Waals surface area contributed by atoms with Crippen LogP contribution >= 0.6 is 0 Å². The van der Waals surface area contributed by atoms with Gasteiger partial charge in [-0.25, -0.2) is 8.78 Å². The summed E-state index contributed by atoms with van der Waals surface area (Å²) in [5.74, 6) is -3.06. The third-order valence-corrected chi connectivity index (χ3v) is 1.78. The summed E-state index contributed by atoms with van der Waals surface area (Å²) in [6, 6.07) is -0.722. The molecule has 12 heavy (non-hydrogen) atoms. The maximum absolute atomic E-state index is 12.6. The van der Waals surface area contributed by atoms with Crippen LogP contribution in [0.3, 0.4) is 0 Å². The first-order chi connectivity index (χ1) is 5.55. The largest absolute Gasteiger partial charge is 0.355 e. The molecule has 3 nitrogen and oxygen atoms in total. The number of carbonyl (C=O) groups is 1. The Morgan fingerprint density at radius 3 is 2.83 bits per heavy atom. The predicted molar refractivity (Wildman–Crippen MR) is 40.0 cm³/mol. The van der Waals surface area contributed by atoms with Gasteiger partial charge in [0.2, 0.25) is 5.91 Å². The number of halogens is 2. The Kier molecular flexibility index (Phi) is 2.62. The Bertz CT molecular complexity index is 184. The van der Waals surface area contributed by atoms with E-state index in [0.29, 0.717) is 6.54 Å². The Morgan fingerprint density at radius 2 is 2.42 bits per heavy atom. The number of nitrogens with one attached hydrogen (secondary N) is 2. The van der Waals surface area contributed by atoms with Gasteiger partial charge in [-0.05, 0) is 6.92 Å². The third kappa shape index (κ3) is 2.14. The molecule has 5 heteroatoms. The summed E-state index contributed by atoms with van der Waals surface area (Å²) in [4.78, 5) is 11.0. The van der Waals surface area contributed by atoms with Crippen LogP contribution in [0, 0.1) is 0 Å². The van der Waals surface area contributed by atoms with Crippen LogP contribution in [0.4, 0.5) is 8.78 Å². The number of rotatable bonds is 2. The van der Waals surface area contributed by atoms with Crippen molar-refractivity contribution < 1.29 is 13.6 Å². The summed E-state index contributed by atoms with van der Waals surface area (Å²) in [7, 11) is 0. The molecule has 2 N–H and O–H groups in total. The standard InChI is InChI=1S/C7H12F2N2O/c1-2-10-6(12)5-3-7(8,9)4-11-5/h5,11H,2-4H2,1H3,(H,10,12)/t5-/m0/s1. The van der Waals surface area contributed by atoms with Crippen LogP contribution < -0.4 is 10.6 Å². The molecule has 0 unspecified atom stereocenters. The van der Waals surface area contributed by atoms with Crippen molar-refractivity contribution in [2.45, 2.75) is 25.3 Å². The van der Waals surface area contributed by atoms with Crippen molar-refractivity contribution in [3.63, 3.8) is 0 Å². The molecular formula is C7H12F2N2O. The Hall–Kier alpha value is -0.710. The maximum atomic E-state index is 12.6. The van der Waals surface area contributed by atoms with Gasteiger partial charge in [0.1, 0.15) is 0 Å². The highest BCUT2D eigenvalue weighted by atomic mass is 19.3. The molecule has 1 aliphatic heterocycles. The fraction of sp³-hybridized carbons (Fsp3) is 0.857. The lowest BCUT2D eigenvalue weighted by Crippen LogP contribution is -2.40. The Morgan fingerprint density at radius 1 is 1.75 bits per heavy atom. The van der Waals surface area contributed by atoms with E-state index in [1.807, 2.05) is 0 Å². The quantitative estimate of drug-likeness (QED) is 0.630. The molecule has 0 aromatic carbocycles. The molecule has 1 amide bonds. The summed E-state index contributed by atoms with van der Waals surface area (Å²) in [5.41, 5.74) is 0. The molecule has 1 aliphatic rings. The lowest BCUT2D eigenvalue weighted by molar-refractivity contribution is -0.123. The summed E-state index contributed by atoms with van der Waals surface area (Å²) in [5, 5.41) is 4.96. The van der Waals surface area contributed by atoms with E-state index >= 15 is 0 Å². The van der Waals surface area contributed by atoms with Gasteiger partial charge in [0.05, 0.1) is 12.6 Å². The molecular weight excluding hydrogens is 166 g/mol. The Labute approximate surface area is 69.5 Å². The zero-order chi connectivity index (χ0) is 9.19. The van der Waals surface area contributed by atoms with Crippen molar-refractivity contribution >= 4 is 5.91 Å². The molecule has 0 bridgehead atoms. The lowest BCUT2D eigenvalue weighted by atomic mass is 10.2. The zero-order valence-electron chi connectivity index (χ0n) is 6.86. The van der Waals surface area contributed by atoms with E-state index < -0.39 is 24.9 Å². The number of likely N-dealkylation sites (N-methyl/N-ethyl adjacent to an activating group) is 1. The molecule has 0 spiro atoms. The van der Waals surface area contributed by atoms with Gasteiger partial charge < -0.3 is 5.32 Å². The lowest BCUT2D eigenvalue weighted by Gasteiger charge is -2.08. The average Bonchev–Trinajstić information content (AvgIpc) is 2.31. The smallest absolute Gasteiger partial charge is 0.262 e. The van der Waals surface area contributed by atoms with Crippen LogP contribution in [-0.2, 0) is 4.79 Å². The van der Waals surface area contributed by atoms with Crippen molar-refractivity contribution in [3.05, 3.63) is 0 Å². The molecule has 0 radical (unpaired) electrons. The summed E-state index contributed by atoms with van der Waals surface area (Å²) in [6.07, 6.45) is -0.390. The van der Waals surface area contributed by atoms with Crippen molar-refractivity contribution in [2.24, 2.45) is 0 Å². The molecule has 1 rings (SSSR count). The van der Waals surface area contributed by atoms with Crippen molar-refractivity contribution in [1.29, 1.82) is 0 Å². The minimum Gasteiger partial charge on any atom is -0.355 e.